The summed E-state index contributed by atoms with van der Waals surface area (Å²) in [4.78, 5) is 0. The van der Waals surface area contributed by atoms with Crippen molar-refractivity contribution in [2.45, 2.75) is 6.54 Å². The van der Waals surface area contributed by atoms with Crippen LogP contribution in [0.4, 0.5) is 10.2 Å². The van der Waals surface area contributed by atoms with Gasteiger partial charge in [0, 0.05) is 12.1 Å². The summed E-state index contributed by atoms with van der Waals surface area (Å²) in [6.07, 6.45) is 0. The standard InChI is InChI=1S/C19H16FN5O/c1-26-16-8-2-13(3-9-16)12-21-17-10-11-18-22-23-19(25(18)24-17)14-4-6-15(20)7-5-14/h2-11H,12H2,1H3,(H,21,24). The van der Waals surface area contributed by atoms with E-state index in [-0.39, 0.29) is 5.82 Å². The predicted molar refractivity (Wildman–Crippen MR) is 96.5 cm³/mol. The number of aromatic nitrogens is 4. The maximum absolute atomic E-state index is 13.1. The Bertz CT molecular complexity index is 1030. The lowest BCUT2D eigenvalue weighted by Crippen LogP contribution is -2.04. The quantitative estimate of drug-likeness (QED) is 0.597. The van der Waals surface area contributed by atoms with Crippen molar-refractivity contribution in [1.82, 2.24) is 19.8 Å². The molecule has 0 bridgehead atoms. The molecule has 0 aliphatic rings. The number of hydrogen-bond acceptors (Lipinski definition) is 5. The molecule has 7 heteroatoms. The molecule has 26 heavy (non-hydrogen) atoms. The highest BCUT2D eigenvalue weighted by Crippen LogP contribution is 2.19. The SMILES string of the molecule is COc1ccc(CNc2ccc3nnc(-c4ccc(F)cc4)n3n2)cc1. The van der Waals surface area contributed by atoms with E-state index in [0.717, 1.165) is 16.9 Å². The lowest BCUT2D eigenvalue weighted by Gasteiger charge is -2.07. The highest BCUT2D eigenvalue weighted by Gasteiger charge is 2.10. The van der Waals surface area contributed by atoms with Crippen molar-refractivity contribution >= 4 is 11.5 Å². The molecule has 4 aromatic rings. The number of rotatable bonds is 5. The second-order valence-electron chi connectivity index (χ2n) is 5.72. The Morgan fingerprint density at radius 2 is 1.73 bits per heavy atom. The van der Waals surface area contributed by atoms with Crippen molar-refractivity contribution in [3.8, 4) is 17.1 Å². The van der Waals surface area contributed by atoms with Crippen molar-refractivity contribution in [1.29, 1.82) is 0 Å². The molecule has 0 fully saturated rings. The lowest BCUT2D eigenvalue weighted by molar-refractivity contribution is 0.414. The first-order chi connectivity index (χ1) is 12.7. The molecule has 2 heterocycles. The Hall–Kier alpha value is -3.48. The molecule has 0 unspecified atom stereocenters. The van der Waals surface area contributed by atoms with E-state index in [1.165, 1.54) is 12.1 Å². The molecule has 0 amide bonds. The number of ether oxygens (including phenoxy) is 1. The highest BCUT2D eigenvalue weighted by atomic mass is 19.1. The summed E-state index contributed by atoms with van der Waals surface area (Å²) in [6.45, 7) is 0.622. The minimum Gasteiger partial charge on any atom is -0.497 e. The van der Waals surface area contributed by atoms with Gasteiger partial charge in [-0.1, -0.05) is 12.1 Å². The molecule has 0 aliphatic carbocycles. The number of fused-ring (bicyclic) bond motifs is 1. The van der Waals surface area contributed by atoms with E-state index in [0.29, 0.717) is 23.8 Å². The van der Waals surface area contributed by atoms with E-state index < -0.39 is 0 Å². The number of anilines is 1. The minimum atomic E-state index is -0.294. The number of nitrogens with zero attached hydrogens (tertiary/aromatic N) is 4. The van der Waals surface area contributed by atoms with Crippen LogP contribution in [0.5, 0.6) is 5.75 Å². The third-order valence-corrected chi connectivity index (χ3v) is 4.00. The van der Waals surface area contributed by atoms with Gasteiger partial charge in [0.25, 0.3) is 0 Å². The molecule has 2 aromatic carbocycles. The third-order valence-electron chi connectivity index (χ3n) is 4.00. The summed E-state index contributed by atoms with van der Waals surface area (Å²) in [5.41, 5.74) is 2.48. The van der Waals surface area contributed by atoms with E-state index in [1.807, 2.05) is 36.4 Å². The van der Waals surface area contributed by atoms with Gasteiger partial charge in [0.1, 0.15) is 17.4 Å². The van der Waals surface area contributed by atoms with Crippen LogP contribution in [0, 0.1) is 5.82 Å². The zero-order chi connectivity index (χ0) is 17.9. The molecule has 0 aliphatic heterocycles. The second-order valence-corrected chi connectivity index (χ2v) is 5.72. The monoisotopic (exact) mass is 349 g/mol. The van der Waals surface area contributed by atoms with Crippen LogP contribution in [-0.4, -0.2) is 26.9 Å². The van der Waals surface area contributed by atoms with Crippen LogP contribution >= 0.6 is 0 Å². The zero-order valence-corrected chi connectivity index (χ0v) is 14.1. The largest absolute Gasteiger partial charge is 0.497 e. The first-order valence-corrected chi connectivity index (χ1v) is 8.08. The van der Waals surface area contributed by atoms with E-state index in [2.05, 4.69) is 20.6 Å². The molecule has 130 valence electrons. The topological polar surface area (TPSA) is 64.3 Å². The van der Waals surface area contributed by atoms with Gasteiger partial charge < -0.3 is 10.1 Å². The number of benzene rings is 2. The van der Waals surface area contributed by atoms with Crippen LogP contribution < -0.4 is 10.1 Å². The molecule has 6 nitrogen and oxygen atoms in total. The molecule has 0 radical (unpaired) electrons. The first-order valence-electron chi connectivity index (χ1n) is 8.08. The fourth-order valence-electron chi connectivity index (χ4n) is 2.60. The third kappa shape index (κ3) is 3.19. The maximum atomic E-state index is 13.1. The summed E-state index contributed by atoms with van der Waals surface area (Å²) < 4.78 is 19.9. The van der Waals surface area contributed by atoms with Crippen molar-refractivity contribution in [2.24, 2.45) is 0 Å². The van der Waals surface area contributed by atoms with Gasteiger partial charge in [0.05, 0.1) is 7.11 Å². The number of nitrogens with one attached hydrogen (secondary N) is 1. The molecule has 4 rings (SSSR count). The Balaban J connectivity index is 1.58. The Morgan fingerprint density at radius 1 is 0.962 bits per heavy atom. The van der Waals surface area contributed by atoms with Gasteiger partial charge in [0.15, 0.2) is 11.5 Å². The van der Waals surface area contributed by atoms with Crippen LogP contribution in [-0.2, 0) is 6.54 Å². The van der Waals surface area contributed by atoms with Gasteiger partial charge in [-0.3, -0.25) is 0 Å². The van der Waals surface area contributed by atoms with Gasteiger partial charge in [-0.05, 0) is 54.1 Å². The summed E-state index contributed by atoms with van der Waals surface area (Å²) in [5.74, 6) is 1.78. The van der Waals surface area contributed by atoms with Gasteiger partial charge in [-0.25, -0.2) is 4.39 Å². The smallest absolute Gasteiger partial charge is 0.185 e. The van der Waals surface area contributed by atoms with Gasteiger partial charge in [-0.15, -0.1) is 15.3 Å². The average Bonchev–Trinajstić information content (AvgIpc) is 3.10. The molecule has 0 saturated carbocycles. The molecular formula is C19H16FN5O. The van der Waals surface area contributed by atoms with Gasteiger partial charge in [-0.2, -0.15) is 4.52 Å². The minimum absolute atomic E-state index is 0.294. The molecular weight excluding hydrogens is 333 g/mol. The van der Waals surface area contributed by atoms with E-state index in [1.54, 1.807) is 23.8 Å². The molecule has 1 N–H and O–H groups in total. The van der Waals surface area contributed by atoms with E-state index >= 15 is 0 Å². The van der Waals surface area contributed by atoms with Crippen LogP contribution in [0.3, 0.4) is 0 Å². The number of hydrogen-bond donors (Lipinski definition) is 1. The normalized spacial score (nSPS) is 10.8. The maximum Gasteiger partial charge on any atom is 0.185 e. The van der Waals surface area contributed by atoms with Crippen LogP contribution in [0.2, 0.25) is 0 Å². The van der Waals surface area contributed by atoms with E-state index in [4.69, 9.17) is 4.74 Å². The average molecular weight is 349 g/mol. The van der Waals surface area contributed by atoms with Crippen molar-refractivity contribution in [2.75, 3.05) is 12.4 Å². The van der Waals surface area contributed by atoms with Crippen molar-refractivity contribution < 1.29 is 9.13 Å². The van der Waals surface area contributed by atoms with Crippen LogP contribution in [0.1, 0.15) is 5.56 Å². The predicted octanol–water partition coefficient (Wildman–Crippen LogP) is 3.55. The van der Waals surface area contributed by atoms with Gasteiger partial charge >= 0.3 is 0 Å². The van der Waals surface area contributed by atoms with Gasteiger partial charge in [0.2, 0.25) is 0 Å². The van der Waals surface area contributed by atoms with Crippen LogP contribution in [0.25, 0.3) is 17.0 Å². The Labute approximate surface area is 149 Å². The summed E-state index contributed by atoms with van der Waals surface area (Å²) >= 11 is 0. The van der Waals surface area contributed by atoms with E-state index in [9.17, 15) is 4.39 Å². The summed E-state index contributed by atoms with van der Waals surface area (Å²) in [7, 11) is 1.64. The second kappa shape index (κ2) is 6.79. The molecule has 2 aromatic heterocycles. The fourth-order valence-corrected chi connectivity index (χ4v) is 2.60. The Kier molecular flexibility index (Phi) is 4.18. The first kappa shape index (κ1) is 16.0. The summed E-state index contributed by atoms with van der Waals surface area (Å²) in [5, 5.41) is 16.1. The number of halogens is 1. The van der Waals surface area contributed by atoms with Crippen molar-refractivity contribution in [3.63, 3.8) is 0 Å². The Morgan fingerprint density at radius 3 is 2.46 bits per heavy atom. The summed E-state index contributed by atoms with van der Waals surface area (Å²) in [6, 6.07) is 17.6. The zero-order valence-electron chi connectivity index (χ0n) is 14.1. The van der Waals surface area contributed by atoms with Crippen molar-refractivity contribution in [3.05, 3.63) is 72.0 Å². The number of methoxy groups -OCH3 is 1. The fraction of sp³-hybridized carbons (Fsp3) is 0.105. The highest BCUT2D eigenvalue weighted by molar-refractivity contribution is 5.59. The molecule has 0 saturated heterocycles. The molecule has 0 spiro atoms. The molecule has 0 atom stereocenters. The van der Waals surface area contributed by atoms with Crippen LogP contribution in [0.15, 0.2) is 60.7 Å². The lowest BCUT2D eigenvalue weighted by atomic mass is 10.2.